The van der Waals surface area contributed by atoms with Crippen molar-refractivity contribution in [3.05, 3.63) is 0 Å². The minimum Gasteiger partial charge on any atom is -0.333 e. The number of nitrogens with zero attached hydrogens (tertiary/aromatic N) is 3. The lowest BCUT2D eigenvalue weighted by Crippen LogP contribution is -2.55. The summed E-state index contributed by atoms with van der Waals surface area (Å²) in [6, 6.07) is 0.0646. The molecule has 0 atom stereocenters. The predicted octanol–water partition coefficient (Wildman–Crippen LogP) is 0.674. The first kappa shape index (κ1) is 15.2. The van der Waals surface area contributed by atoms with E-state index in [1.54, 1.807) is 0 Å². The third-order valence-corrected chi connectivity index (χ3v) is 3.00. The molecule has 0 aromatic carbocycles. The maximum Gasteiger partial charge on any atom is 0.317 e. The minimum atomic E-state index is -0.154. The molecule has 5 nitrogen and oxygen atoms in total. The van der Waals surface area contributed by atoms with Gasteiger partial charge < -0.3 is 15.1 Å². The molecule has 2 amide bonds. The summed E-state index contributed by atoms with van der Waals surface area (Å²) in [7, 11) is 4.18. The average molecular weight is 256 g/mol. The van der Waals surface area contributed by atoms with E-state index in [1.165, 1.54) is 0 Å². The van der Waals surface area contributed by atoms with Gasteiger partial charge in [0.15, 0.2) is 0 Å². The molecule has 1 heterocycles. The van der Waals surface area contributed by atoms with Crippen LogP contribution in [-0.4, -0.2) is 79.6 Å². The van der Waals surface area contributed by atoms with Crippen molar-refractivity contribution >= 4 is 6.03 Å². The Kier molecular flexibility index (Phi) is 5.41. The van der Waals surface area contributed by atoms with Crippen LogP contribution in [0.4, 0.5) is 4.79 Å². The predicted molar refractivity (Wildman–Crippen MR) is 74.9 cm³/mol. The molecule has 0 unspecified atom stereocenters. The van der Waals surface area contributed by atoms with E-state index in [0.29, 0.717) is 0 Å². The number of carbonyl (C=O) groups excluding carboxylic acids is 1. The fourth-order valence-electron chi connectivity index (χ4n) is 1.92. The van der Waals surface area contributed by atoms with Gasteiger partial charge in [-0.2, -0.15) is 0 Å². The van der Waals surface area contributed by atoms with E-state index in [1.807, 2.05) is 25.7 Å². The normalized spacial score (nSPS) is 18.2. The van der Waals surface area contributed by atoms with Gasteiger partial charge in [-0.15, -0.1) is 0 Å². The number of nitrogens with one attached hydrogen (secondary N) is 1. The van der Waals surface area contributed by atoms with Crippen molar-refractivity contribution in [2.75, 3.05) is 53.4 Å². The van der Waals surface area contributed by atoms with Gasteiger partial charge in [0.05, 0.1) is 0 Å². The third kappa shape index (κ3) is 5.69. The highest BCUT2D eigenvalue weighted by atomic mass is 16.2. The summed E-state index contributed by atoms with van der Waals surface area (Å²) in [4.78, 5) is 18.5. The van der Waals surface area contributed by atoms with Crippen molar-refractivity contribution in [3.8, 4) is 0 Å². The van der Waals surface area contributed by atoms with E-state index in [-0.39, 0.29) is 11.6 Å². The van der Waals surface area contributed by atoms with Crippen LogP contribution in [0.1, 0.15) is 20.8 Å². The first-order valence-electron chi connectivity index (χ1n) is 6.72. The lowest BCUT2D eigenvalue weighted by atomic mass is 10.1. The summed E-state index contributed by atoms with van der Waals surface area (Å²) in [5.41, 5.74) is -0.154. The van der Waals surface area contributed by atoms with E-state index in [9.17, 15) is 4.79 Å². The molecule has 0 aromatic heterocycles. The molecule has 5 heteroatoms. The Labute approximate surface area is 111 Å². The zero-order chi connectivity index (χ0) is 13.8. The van der Waals surface area contributed by atoms with E-state index in [4.69, 9.17) is 0 Å². The second kappa shape index (κ2) is 6.38. The summed E-state index contributed by atoms with van der Waals surface area (Å²) >= 11 is 0. The molecule has 0 aromatic rings. The lowest BCUT2D eigenvalue weighted by Gasteiger charge is -2.36. The Balaban J connectivity index is 2.28. The average Bonchev–Trinajstić information content (AvgIpc) is 2.24. The largest absolute Gasteiger partial charge is 0.333 e. The highest BCUT2D eigenvalue weighted by Gasteiger charge is 2.23. The summed E-state index contributed by atoms with van der Waals surface area (Å²) in [5.74, 6) is 0. The van der Waals surface area contributed by atoms with Crippen molar-refractivity contribution in [2.24, 2.45) is 0 Å². The second-order valence-electron chi connectivity index (χ2n) is 6.31. The van der Waals surface area contributed by atoms with Gasteiger partial charge in [0.1, 0.15) is 0 Å². The molecule has 1 aliphatic heterocycles. The maximum absolute atomic E-state index is 12.0. The minimum absolute atomic E-state index is 0.0646. The molecule has 0 radical (unpaired) electrons. The summed E-state index contributed by atoms with van der Waals surface area (Å²) < 4.78 is 0. The van der Waals surface area contributed by atoms with Gasteiger partial charge in [-0.05, 0) is 34.9 Å². The second-order valence-corrected chi connectivity index (χ2v) is 6.31. The lowest BCUT2D eigenvalue weighted by molar-refractivity contribution is 0.129. The van der Waals surface area contributed by atoms with Crippen LogP contribution in [0.25, 0.3) is 0 Å². The molecule has 106 valence electrons. The number of urea groups is 1. The SMILES string of the molecule is CN(C)CCN1CCN(C(=O)NC(C)(C)C)CC1. The van der Waals surface area contributed by atoms with E-state index < -0.39 is 0 Å². The van der Waals surface area contributed by atoms with Crippen LogP contribution in [0.5, 0.6) is 0 Å². The Hall–Kier alpha value is -0.810. The standard InChI is InChI=1S/C13H28N4O/c1-13(2,3)14-12(18)17-10-8-16(9-11-17)7-6-15(4)5/h6-11H2,1-5H3,(H,14,18). The molecule has 1 saturated heterocycles. The number of amides is 2. The maximum atomic E-state index is 12.0. The van der Waals surface area contributed by atoms with Crippen LogP contribution in [0.2, 0.25) is 0 Å². The molecule has 0 aliphatic carbocycles. The molecular weight excluding hydrogens is 228 g/mol. The van der Waals surface area contributed by atoms with Gasteiger partial charge in [-0.1, -0.05) is 0 Å². The fourth-order valence-corrected chi connectivity index (χ4v) is 1.92. The van der Waals surface area contributed by atoms with Crippen molar-refractivity contribution in [3.63, 3.8) is 0 Å². The van der Waals surface area contributed by atoms with Crippen molar-refractivity contribution < 1.29 is 4.79 Å². The Bertz CT molecular complexity index is 265. The molecular formula is C13H28N4O. The quantitative estimate of drug-likeness (QED) is 0.807. The van der Waals surface area contributed by atoms with Gasteiger partial charge >= 0.3 is 6.03 Å². The first-order valence-corrected chi connectivity index (χ1v) is 6.72. The molecule has 1 N–H and O–H groups in total. The highest BCUT2D eigenvalue weighted by Crippen LogP contribution is 2.05. The summed E-state index contributed by atoms with van der Waals surface area (Å²) in [6.07, 6.45) is 0. The Morgan fingerprint density at radius 2 is 1.72 bits per heavy atom. The Morgan fingerprint density at radius 1 is 1.17 bits per heavy atom. The van der Waals surface area contributed by atoms with E-state index >= 15 is 0 Å². The van der Waals surface area contributed by atoms with Gasteiger partial charge in [0.25, 0.3) is 0 Å². The van der Waals surface area contributed by atoms with Gasteiger partial charge in [0.2, 0.25) is 0 Å². The monoisotopic (exact) mass is 256 g/mol. The zero-order valence-corrected chi connectivity index (χ0v) is 12.5. The third-order valence-electron chi connectivity index (χ3n) is 3.00. The van der Waals surface area contributed by atoms with Crippen LogP contribution in [0, 0.1) is 0 Å². The molecule has 18 heavy (non-hydrogen) atoms. The molecule has 0 saturated carbocycles. The van der Waals surface area contributed by atoms with Crippen LogP contribution < -0.4 is 5.32 Å². The number of likely N-dealkylation sites (N-methyl/N-ethyl adjacent to an activating group) is 1. The van der Waals surface area contributed by atoms with Crippen LogP contribution in [0.3, 0.4) is 0 Å². The van der Waals surface area contributed by atoms with Crippen molar-refractivity contribution in [1.29, 1.82) is 0 Å². The fraction of sp³-hybridized carbons (Fsp3) is 0.923. The van der Waals surface area contributed by atoms with Crippen LogP contribution >= 0.6 is 0 Å². The summed E-state index contributed by atoms with van der Waals surface area (Å²) in [5, 5.41) is 3.01. The smallest absolute Gasteiger partial charge is 0.317 e. The van der Waals surface area contributed by atoms with Crippen molar-refractivity contribution in [2.45, 2.75) is 26.3 Å². The molecule has 0 spiro atoms. The summed E-state index contributed by atoms with van der Waals surface area (Å²) in [6.45, 7) is 11.8. The van der Waals surface area contributed by atoms with Crippen molar-refractivity contribution in [1.82, 2.24) is 20.0 Å². The Morgan fingerprint density at radius 3 is 2.17 bits per heavy atom. The number of rotatable bonds is 3. The van der Waals surface area contributed by atoms with E-state index in [0.717, 1.165) is 39.3 Å². The van der Waals surface area contributed by atoms with Gasteiger partial charge in [0, 0.05) is 44.8 Å². The van der Waals surface area contributed by atoms with Crippen LogP contribution in [0.15, 0.2) is 0 Å². The topological polar surface area (TPSA) is 38.8 Å². The molecule has 0 bridgehead atoms. The highest BCUT2D eigenvalue weighted by molar-refractivity contribution is 5.75. The van der Waals surface area contributed by atoms with Crippen LogP contribution in [-0.2, 0) is 0 Å². The number of hydrogen-bond acceptors (Lipinski definition) is 3. The van der Waals surface area contributed by atoms with Gasteiger partial charge in [-0.3, -0.25) is 4.90 Å². The van der Waals surface area contributed by atoms with Gasteiger partial charge in [-0.25, -0.2) is 4.79 Å². The molecule has 1 fully saturated rings. The first-order chi connectivity index (χ1) is 8.28. The molecule has 1 aliphatic rings. The molecule has 1 rings (SSSR count). The number of piperazine rings is 1. The zero-order valence-electron chi connectivity index (χ0n) is 12.5. The van der Waals surface area contributed by atoms with E-state index in [2.05, 4.69) is 29.2 Å². The number of hydrogen-bond donors (Lipinski definition) is 1. The number of carbonyl (C=O) groups is 1.